The first-order valence-electron chi connectivity index (χ1n) is 7.38. The SMILES string of the molecule is CC(Cc1ccc(Cl)cc1)Nc1cccc(CCCO)c1. The van der Waals surface area contributed by atoms with E-state index in [1.54, 1.807) is 0 Å². The van der Waals surface area contributed by atoms with Crippen LogP contribution in [0.3, 0.4) is 0 Å². The van der Waals surface area contributed by atoms with Gasteiger partial charge in [0.2, 0.25) is 0 Å². The fourth-order valence-electron chi connectivity index (χ4n) is 2.41. The van der Waals surface area contributed by atoms with Gasteiger partial charge in [-0.15, -0.1) is 0 Å². The molecule has 1 unspecified atom stereocenters. The Balaban J connectivity index is 1.92. The minimum absolute atomic E-state index is 0.241. The van der Waals surface area contributed by atoms with Gasteiger partial charge in [0.1, 0.15) is 0 Å². The number of hydrogen-bond donors (Lipinski definition) is 2. The molecule has 2 nitrogen and oxygen atoms in total. The average molecular weight is 304 g/mol. The van der Waals surface area contributed by atoms with Gasteiger partial charge in [-0.2, -0.15) is 0 Å². The van der Waals surface area contributed by atoms with Gasteiger partial charge in [-0.1, -0.05) is 35.9 Å². The molecule has 0 amide bonds. The molecule has 0 aliphatic carbocycles. The summed E-state index contributed by atoms with van der Waals surface area (Å²) in [5.41, 5.74) is 3.66. The number of halogens is 1. The predicted octanol–water partition coefficient (Wildman–Crippen LogP) is 4.31. The van der Waals surface area contributed by atoms with E-state index >= 15 is 0 Å². The number of aryl methyl sites for hydroxylation is 1. The minimum atomic E-state index is 0.241. The van der Waals surface area contributed by atoms with Gasteiger partial charge in [0.05, 0.1) is 0 Å². The number of hydrogen-bond acceptors (Lipinski definition) is 2. The first-order valence-corrected chi connectivity index (χ1v) is 7.76. The van der Waals surface area contributed by atoms with Crippen molar-refractivity contribution in [3.63, 3.8) is 0 Å². The van der Waals surface area contributed by atoms with Crippen molar-refractivity contribution in [1.29, 1.82) is 0 Å². The fourth-order valence-corrected chi connectivity index (χ4v) is 2.54. The highest BCUT2D eigenvalue weighted by molar-refractivity contribution is 6.30. The summed E-state index contributed by atoms with van der Waals surface area (Å²) in [5, 5.41) is 13.2. The molecule has 0 fully saturated rings. The van der Waals surface area contributed by atoms with E-state index < -0.39 is 0 Å². The second-order valence-electron chi connectivity index (χ2n) is 5.40. The summed E-state index contributed by atoms with van der Waals surface area (Å²) in [5.74, 6) is 0. The molecule has 0 saturated heterocycles. The molecule has 1 atom stereocenters. The minimum Gasteiger partial charge on any atom is -0.396 e. The van der Waals surface area contributed by atoms with Gasteiger partial charge in [0.15, 0.2) is 0 Å². The summed E-state index contributed by atoms with van der Waals surface area (Å²) in [7, 11) is 0. The van der Waals surface area contributed by atoms with E-state index in [2.05, 4.69) is 48.6 Å². The summed E-state index contributed by atoms with van der Waals surface area (Å²) in [6.07, 6.45) is 2.68. The number of nitrogens with one attached hydrogen (secondary N) is 1. The van der Waals surface area contributed by atoms with Gasteiger partial charge >= 0.3 is 0 Å². The van der Waals surface area contributed by atoms with Crippen molar-refractivity contribution in [2.24, 2.45) is 0 Å². The molecule has 0 radical (unpaired) electrons. The highest BCUT2D eigenvalue weighted by Crippen LogP contribution is 2.16. The molecule has 2 aromatic carbocycles. The quantitative estimate of drug-likeness (QED) is 0.799. The molecule has 0 bridgehead atoms. The van der Waals surface area contributed by atoms with Gasteiger partial charge in [-0.05, 0) is 61.6 Å². The van der Waals surface area contributed by atoms with Gasteiger partial charge in [-0.25, -0.2) is 0 Å². The molecule has 0 aliphatic rings. The van der Waals surface area contributed by atoms with Crippen LogP contribution in [0, 0.1) is 0 Å². The molecule has 0 spiro atoms. The lowest BCUT2D eigenvalue weighted by Crippen LogP contribution is -2.18. The molecule has 2 rings (SSSR count). The van der Waals surface area contributed by atoms with Crippen LogP contribution in [0.1, 0.15) is 24.5 Å². The van der Waals surface area contributed by atoms with E-state index in [1.165, 1.54) is 11.1 Å². The topological polar surface area (TPSA) is 32.3 Å². The zero-order valence-corrected chi connectivity index (χ0v) is 13.1. The number of benzene rings is 2. The lowest BCUT2D eigenvalue weighted by molar-refractivity contribution is 0.288. The first-order chi connectivity index (χ1) is 10.2. The molecule has 21 heavy (non-hydrogen) atoms. The maximum Gasteiger partial charge on any atom is 0.0434 e. The van der Waals surface area contributed by atoms with Crippen LogP contribution < -0.4 is 5.32 Å². The molecule has 0 aliphatic heterocycles. The van der Waals surface area contributed by atoms with E-state index in [9.17, 15) is 0 Å². The third-order valence-corrected chi connectivity index (χ3v) is 3.67. The highest BCUT2D eigenvalue weighted by atomic mass is 35.5. The van der Waals surface area contributed by atoms with Crippen LogP contribution in [0.5, 0.6) is 0 Å². The molecule has 0 heterocycles. The Kier molecular flexibility index (Phi) is 6.09. The van der Waals surface area contributed by atoms with Crippen molar-refractivity contribution >= 4 is 17.3 Å². The lowest BCUT2D eigenvalue weighted by Gasteiger charge is -2.16. The maximum absolute atomic E-state index is 8.90. The van der Waals surface area contributed by atoms with Crippen LogP contribution in [-0.2, 0) is 12.8 Å². The Bertz CT molecular complexity index is 553. The number of aliphatic hydroxyl groups is 1. The zero-order valence-electron chi connectivity index (χ0n) is 12.3. The van der Waals surface area contributed by atoms with E-state index in [0.717, 1.165) is 30.0 Å². The van der Waals surface area contributed by atoms with Crippen LogP contribution in [0.4, 0.5) is 5.69 Å². The van der Waals surface area contributed by atoms with Crippen LogP contribution in [0.15, 0.2) is 48.5 Å². The van der Waals surface area contributed by atoms with Crippen LogP contribution in [-0.4, -0.2) is 17.8 Å². The Morgan fingerprint density at radius 3 is 2.57 bits per heavy atom. The van der Waals surface area contributed by atoms with Crippen molar-refractivity contribution in [3.05, 3.63) is 64.7 Å². The summed E-state index contributed by atoms with van der Waals surface area (Å²) in [6.45, 7) is 2.42. The zero-order chi connectivity index (χ0) is 15.1. The van der Waals surface area contributed by atoms with Crippen LogP contribution in [0.2, 0.25) is 5.02 Å². The summed E-state index contributed by atoms with van der Waals surface area (Å²) < 4.78 is 0. The Morgan fingerprint density at radius 1 is 1.10 bits per heavy atom. The Hall–Kier alpha value is -1.51. The molecule has 0 saturated carbocycles. The third-order valence-electron chi connectivity index (χ3n) is 3.42. The predicted molar refractivity (Wildman–Crippen MR) is 90.1 cm³/mol. The Morgan fingerprint density at radius 2 is 1.86 bits per heavy atom. The number of rotatable bonds is 7. The molecule has 2 aromatic rings. The van der Waals surface area contributed by atoms with Crippen molar-refractivity contribution in [1.82, 2.24) is 0 Å². The van der Waals surface area contributed by atoms with E-state index in [-0.39, 0.29) is 6.61 Å². The Labute approximate surface area is 131 Å². The highest BCUT2D eigenvalue weighted by Gasteiger charge is 2.04. The van der Waals surface area contributed by atoms with Crippen molar-refractivity contribution in [3.8, 4) is 0 Å². The molecular weight excluding hydrogens is 282 g/mol. The summed E-state index contributed by atoms with van der Waals surface area (Å²) in [4.78, 5) is 0. The molecule has 0 aromatic heterocycles. The number of aliphatic hydroxyl groups excluding tert-OH is 1. The van der Waals surface area contributed by atoms with Gasteiger partial charge in [0.25, 0.3) is 0 Å². The summed E-state index contributed by atoms with van der Waals surface area (Å²) >= 11 is 5.90. The van der Waals surface area contributed by atoms with Gasteiger partial charge < -0.3 is 10.4 Å². The average Bonchev–Trinajstić information content (AvgIpc) is 2.48. The van der Waals surface area contributed by atoms with E-state index in [4.69, 9.17) is 16.7 Å². The first kappa shape index (κ1) is 15.9. The smallest absolute Gasteiger partial charge is 0.0434 e. The largest absolute Gasteiger partial charge is 0.396 e. The van der Waals surface area contributed by atoms with Gasteiger partial charge in [0, 0.05) is 23.4 Å². The third kappa shape index (κ3) is 5.41. The monoisotopic (exact) mass is 303 g/mol. The van der Waals surface area contributed by atoms with Gasteiger partial charge in [-0.3, -0.25) is 0 Å². The van der Waals surface area contributed by atoms with Crippen molar-refractivity contribution in [2.45, 2.75) is 32.2 Å². The molecule has 2 N–H and O–H groups in total. The second kappa shape index (κ2) is 8.06. The van der Waals surface area contributed by atoms with Crippen LogP contribution >= 0.6 is 11.6 Å². The standard InChI is InChI=1S/C18H22ClNO/c1-14(12-16-7-9-17(19)10-8-16)20-18-6-2-4-15(13-18)5-3-11-21/h2,4,6-10,13-14,20-21H,3,5,11-12H2,1H3. The van der Waals surface area contributed by atoms with E-state index in [1.807, 2.05) is 12.1 Å². The fraction of sp³-hybridized carbons (Fsp3) is 0.333. The maximum atomic E-state index is 8.90. The van der Waals surface area contributed by atoms with E-state index in [0.29, 0.717) is 6.04 Å². The number of anilines is 1. The molecule has 3 heteroatoms. The van der Waals surface area contributed by atoms with Crippen molar-refractivity contribution < 1.29 is 5.11 Å². The molecule has 112 valence electrons. The van der Waals surface area contributed by atoms with Crippen molar-refractivity contribution in [2.75, 3.05) is 11.9 Å². The normalized spacial score (nSPS) is 12.1. The van der Waals surface area contributed by atoms with Crippen LogP contribution in [0.25, 0.3) is 0 Å². The lowest BCUT2D eigenvalue weighted by atomic mass is 10.1. The molecular formula is C18H22ClNO. The second-order valence-corrected chi connectivity index (χ2v) is 5.84. The summed E-state index contributed by atoms with van der Waals surface area (Å²) in [6, 6.07) is 16.7.